The van der Waals surface area contributed by atoms with Crippen molar-refractivity contribution in [2.45, 2.75) is 19.8 Å². The first-order valence-corrected chi connectivity index (χ1v) is 9.81. The van der Waals surface area contributed by atoms with Gasteiger partial charge in [-0.3, -0.25) is 9.69 Å². The summed E-state index contributed by atoms with van der Waals surface area (Å²) in [6.45, 7) is 4.77. The SMILES string of the molecule is CCCN(CC=Cc1ccccc1)C(=O)Cc1ccc(N2CCNC2=O)cc1. The minimum Gasteiger partial charge on any atom is -0.339 e. The number of amides is 3. The lowest BCUT2D eigenvalue weighted by Crippen LogP contribution is -2.33. The standard InChI is InChI=1S/C23H27N3O2/c1-2-15-25(16-6-9-19-7-4-3-5-8-19)22(27)18-20-10-12-21(13-11-20)26-17-14-24-23(26)28/h3-13H,2,14-18H2,1H3,(H,24,28). The summed E-state index contributed by atoms with van der Waals surface area (Å²) in [6, 6.07) is 17.7. The lowest BCUT2D eigenvalue weighted by Gasteiger charge is -2.21. The second-order valence-electron chi connectivity index (χ2n) is 6.88. The molecular weight excluding hydrogens is 350 g/mol. The highest BCUT2D eigenvalue weighted by atomic mass is 16.2. The smallest absolute Gasteiger partial charge is 0.321 e. The van der Waals surface area contributed by atoms with Gasteiger partial charge in [0.1, 0.15) is 0 Å². The Balaban J connectivity index is 1.58. The van der Waals surface area contributed by atoms with Gasteiger partial charge in [-0.2, -0.15) is 0 Å². The van der Waals surface area contributed by atoms with E-state index in [0.29, 0.717) is 26.1 Å². The van der Waals surface area contributed by atoms with Crippen molar-refractivity contribution in [3.8, 4) is 0 Å². The lowest BCUT2D eigenvalue weighted by molar-refractivity contribution is -0.130. The van der Waals surface area contributed by atoms with Crippen molar-refractivity contribution in [1.29, 1.82) is 0 Å². The van der Waals surface area contributed by atoms with Crippen LogP contribution >= 0.6 is 0 Å². The van der Waals surface area contributed by atoms with Crippen LogP contribution in [-0.4, -0.2) is 43.0 Å². The fourth-order valence-corrected chi connectivity index (χ4v) is 3.27. The Morgan fingerprint density at radius 1 is 1.14 bits per heavy atom. The maximum Gasteiger partial charge on any atom is 0.321 e. The maximum atomic E-state index is 12.8. The van der Waals surface area contributed by atoms with Crippen LogP contribution in [0.1, 0.15) is 24.5 Å². The van der Waals surface area contributed by atoms with Crippen LogP contribution in [0.15, 0.2) is 60.7 Å². The van der Waals surface area contributed by atoms with Crippen molar-refractivity contribution in [2.75, 3.05) is 31.1 Å². The minimum atomic E-state index is -0.0665. The van der Waals surface area contributed by atoms with Gasteiger partial charge in [-0.1, -0.05) is 61.5 Å². The van der Waals surface area contributed by atoms with Gasteiger partial charge in [-0.15, -0.1) is 0 Å². The summed E-state index contributed by atoms with van der Waals surface area (Å²) in [5.41, 5.74) is 2.96. The van der Waals surface area contributed by atoms with Crippen LogP contribution in [-0.2, 0) is 11.2 Å². The molecule has 0 saturated carbocycles. The summed E-state index contributed by atoms with van der Waals surface area (Å²) in [5, 5.41) is 2.79. The Hall–Kier alpha value is -3.08. The molecule has 3 amide bonds. The normalized spacial score (nSPS) is 13.8. The largest absolute Gasteiger partial charge is 0.339 e. The number of hydrogen-bond donors (Lipinski definition) is 1. The van der Waals surface area contributed by atoms with E-state index in [1.807, 2.05) is 71.6 Å². The van der Waals surface area contributed by atoms with Crippen LogP contribution < -0.4 is 10.2 Å². The van der Waals surface area contributed by atoms with Crippen LogP contribution in [0.25, 0.3) is 6.08 Å². The van der Waals surface area contributed by atoms with E-state index in [9.17, 15) is 9.59 Å². The number of nitrogens with one attached hydrogen (secondary N) is 1. The van der Waals surface area contributed by atoms with Gasteiger partial charge in [0.15, 0.2) is 0 Å². The van der Waals surface area contributed by atoms with Crippen molar-refractivity contribution in [3.63, 3.8) is 0 Å². The number of nitrogens with zero attached hydrogens (tertiary/aromatic N) is 2. The van der Waals surface area contributed by atoms with E-state index in [-0.39, 0.29) is 11.9 Å². The van der Waals surface area contributed by atoms with Gasteiger partial charge in [0.05, 0.1) is 6.42 Å². The van der Waals surface area contributed by atoms with E-state index < -0.39 is 0 Å². The Kier molecular flexibility index (Phi) is 6.84. The molecule has 28 heavy (non-hydrogen) atoms. The number of hydrogen-bond acceptors (Lipinski definition) is 2. The zero-order valence-electron chi connectivity index (χ0n) is 16.3. The third kappa shape index (κ3) is 5.22. The Morgan fingerprint density at radius 3 is 2.54 bits per heavy atom. The molecule has 0 unspecified atom stereocenters. The molecule has 1 aliphatic heterocycles. The van der Waals surface area contributed by atoms with E-state index in [1.165, 1.54) is 0 Å². The molecule has 0 aliphatic carbocycles. The van der Waals surface area contributed by atoms with Gasteiger partial charge in [0.25, 0.3) is 0 Å². The number of urea groups is 1. The van der Waals surface area contributed by atoms with Crippen LogP contribution in [0.2, 0.25) is 0 Å². The average Bonchev–Trinajstić information content (AvgIpc) is 3.14. The highest BCUT2D eigenvalue weighted by Crippen LogP contribution is 2.18. The molecule has 5 nitrogen and oxygen atoms in total. The molecule has 1 saturated heterocycles. The van der Waals surface area contributed by atoms with Crippen LogP contribution in [0.3, 0.4) is 0 Å². The quantitative estimate of drug-likeness (QED) is 0.762. The minimum absolute atomic E-state index is 0.0665. The molecule has 0 radical (unpaired) electrons. The lowest BCUT2D eigenvalue weighted by atomic mass is 10.1. The van der Waals surface area contributed by atoms with E-state index in [1.54, 1.807) is 4.90 Å². The highest BCUT2D eigenvalue weighted by molar-refractivity contribution is 5.94. The van der Waals surface area contributed by atoms with Crippen molar-refractivity contribution in [1.82, 2.24) is 10.2 Å². The Labute approximate surface area is 166 Å². The molecule has 1 heterocycles. The molecular formula is C23H27N3O2. The van der Waals surface area contributed by atoms with Gasteiger partial charge >= 0.3 is 6.03 Å². The first-order valence-electron chi connectivity index (χ1n) is 9.81. The van der Waals surface area contributed by atoms with Crippen LogP contribution in [0, 0.1) is 0 Å². The number of benzene rings is 2. The van der Waals surface area contributed by atoms with E-state index >= 15 is 0 Å². The Morgan fingerprint density at radius 2 is 1.89 bits per heavy atom. The summed E-state index contributed by atoms with van der Waals surface area (Å²) < 4.78 is 0. The zero-order chi connectivity index (χ0) is 19.8. The summed E-state index contributed by atoms with van der Waals surface area (Å²) in [5.74, 6) is 0.117. The molecule has 1 N–H and O–H groups in total. The predicted molar refractivity (Wildman–Crippen MR) is 113 cm³/mol. The van der Waals surface area contributed by atoms with Gasteiger partial charge in [0.2, 0.25) is 5.91 Å². The van der Waals surface area contributed by atoms with Gasteiger partial charge in [-0.05, 0) is 29.7 Å². The maximum absolute atomic E-state index is 12.8. The van der Waals surface area contributed by atoms with Crippen molar-refractivity contribution in [3.05, 3.63) is 71.8 Å². The zero-order valence-corrected chi connectivity index (χ0v) is 16.3. The first-order chi connectivity index (χ1) is 13.7. The van der Waals surface area contributed by atoms with E-state index in [4.69, 9.17) is 0 Å². The molecule has 3 rings (SSSR count). The van der Waals surface area contributed by atoms with Crippen LogP contribution in [0.5, 0.6) is 0 Å². The monoisotopic (exact) mass is 377 g/mol. The molecule has 0 bridgehead atoms. The molecule has 0 aromatic heterocycles. The summed E-state index contributed by atoms with van der Waals surface area (Å²) in [7, 11) is 0. The average molecular weight is 377 g/mol. The van der Waals surface area contributed by atoms with E-state index in [0.717, 1.165) is 29.8 Å². The van der Waals surface area contributed by atoms with Crippen molar-refractivity contribution in [2.24, 2.45) is 0 Å². The van der Waals surface area contributed by atoms with Gasteiger partial charge in [0, 0.05) is 31.9 Å². The third-order valence-electron chi connectivity index (χ3n) is 4.74. The molecule has 5 heteroatoms. The second-order valence-corrected chi connectivity index (χ2v) is 6.88. The molecule has 2 aromatic carbocycles. The molecule has 0 atom stereocenters. The van der Waals surface area contributed by atoms with Crippen molar-refractivity contribution >= 4 is 23.7 Å². The number of anilines is 1. The molecule has 1 fully saturated rings. The molecule has 146 valence electrons. The van der Waals surface area contributed by atoms with Crippen LogP contribution in [0.4, 0.5) is 10.5 Å². The molecule has 2 aromatic rings. The van der Waals surface area contributed by atoms with Gasteiger partial charge in [-0.25, -0.2) is 4.79 Å². The summed E-state index contributed by atoms with van der Waals surface area (Å²) >= 11 is 0. The number of carbonyl (C=O) groups is 2. The number of rotatable bonds is 8. The first kappa shape index (κ1) is 19.7. The fourth-order valence-electron chi connectivity index (χ4n) is 3.27. The molecule has 0 spiro atoms. The van der Waals surface area contributed by atoms with Crippen molar-refractivity contribution < 1.29 is 9.59 Å². The summed E-state index contributed by atoms with van der Waals surface area (Å²) in [6.07, 6.45) is 5.38. The molecule has 1 aliphatic rings. The highest BCUT2D eigenvalue weighted by Gasteiger charge is 2.21. The third-order valence-corrected chi connectivity index (χ3v) is 4.74. The topological polar surface area (TPSA) is 52.7 Å². The van der Waals surface area contributed by atoms with E-state index in [2.05, 4.69) is 12.2 Å². The second kappa shape index (κ2) is 9.74. The number of carbonyl (C=O) groups excluding carboxylic acids is 2. The summed E-state index contributed by atoms with van der Waals surface area (Å²) in [4.78, 5) is 28.1. The predicted octanol–water partition coefficient (Wildman–Crippen LogP) is 3.71. The Bertz CT molecular complexity index is 816. The van der Waals surface area contributed by atoms with Gasteiger partial charge < -0.3 is 10.2 Å². The fraction of sp³-hybridized carbons (Fsp3) is 0.304.